The number of aliphatic carboxylic acids is 1. The van der Waals surface area contributed by atoms with Crippen LogP contribution in [-0.4, -0.2) is 42.7 Å². The van der Waals surface area contributed by atoms with Crippen LogP contribution < -0.4 is 22.5 Å². The SMILES string of the molecule is CCNCC.NC(N)=NCCC[C@H](N)C(=O)O. The normalized spacial score (nSPS) is 11.0. The fourth-order valence-electron chi connectivity index (χ4n) is 0.893. The van der Waals surface area contributed by atoms with Gasteiger partial charge in [0.05, 0.1) is 0 Å². The average Bonchev–Trinajstić information content (AvgIpc) is 2.25. The van der Waals surface area contributed by atoms with Gasteiger partial charge in [-0.2, -0.15) is 0 Å². The second-order valence-electron chi connectivity index (χ2n) is 3.35. The molecule has 0 aliphatic rings. The number of guanidine groups is 1. The lowest BCUT2D eigenvalue weighted by atomic mass is 10.2. The summed E-state index contributed by atoms with van der Waals surface area (Å²) in [4.78, 5) is 13.9. The smallest absolute Gasteiger partial charge is 0.320 e. The van der Waals surface area contributed by atoms with Gasteiger partial charge in [0.15, 0.2) is 5.96 Å². The highest BCUT2D eigenvalue weighted by Gasteiger charge is 2.09. The van der Waals surface area contributed by atoms with Gasteiger partial charge >= 0.3 is 5.97 Å². The Morgan fingerprint density at radius 2 is 1.88 bits per heavy atom. The number of nitrogens with two attached hydrogens (primary N) is 3. The van der Waals surface area contributed by atoms with E-state index in [2.05, 4.69) is 24.2 Å². The first-order chi connectivity index (χ1) is 7.95. The predicted octanol–water partition coefficient (Wildman–Crippen LogP) is -0.932. The van der Waals surface area contributed by atoms with Crippen molar-refractivity contribution in [3.8, 4) is 0 Å². The van der Waals surface area contributed by atoms with Gasteiger partial charge in [-0.25, -0.2) is 0 Å². The summed E-state index contributed by atoms with van der Waals surface area (Å²) < 4.78 is 0. The number of rotatable bonds is 7. The fraction of sp³-hybridized carbons (Fsp3) is 0.800. The number of nitrogens with zero attached hydrogens (tertiary/aromatic N) is 1. The quantitative estimate of drug-likeness (QED) is 0.224. The number of carboxylic acids is 1. The van der Waals surface area contributed by atoms with E-state index in [1.54, 1.807) is 0 Å². The van der Waals surface area contributed by atoms with E-state index in [1.807, 2.05) is 0 Å². The first kappa shape index (κ1) is 18.0. The molecule has 0 fully saturated rings. The summed E-state index contributed by atoms with van der Waals surface area (Å²) >= 11 is 0. The fourth-order valence-corrected chi connectivity index (χ4v) is 0.893. The van der Waals surface area contributed by atoms with Crippen LogP contribution >= 0.6 is 0 Å². The maximum atomic E-state index is 10.2. The number of carbonyl (C=O) groups is 1. The van der Waals surface area contributed by atoms with Crippen molar-refractivity contribution in [1.82, 2.24) is 5.32 Å². The van der Waals surface area contributed by atoms with Gasteiger partial charge in [-0.3, -0.25) is 9.79 Å². The third-order valence-corrected chi connectivity index (χ3v) is 1.78. The third-order valence-electron chi connectivity index (χ3n) is 1.78. The molecular formula is C10H25N5O2. The number of aliphatic imine (C=N–C) groups is 1. The minimum absolute atomic E-state index is 0.0129. The van der Waals surface area contributed by atoms with Gasteiger partial charge in [0.2, 0.25) is 0 Å². The van der Waals surface area contributed by atoms with E-state index in [9.17, 15) is 4.79 Å². The summed E-state index contributed by atoms with van der Waals surface area (Å²) in [6.07, 6.45) is 0.956. The molecule has 1 atom stereocenters. The van der Waals surface area contributed by atoms with Crippen molar-refractivity contribution >= 4 is 11.9 Å². The number of hydrogen-bond donors (Lipinski definition) is 5. The molecule has 17 heavy (non-hydrogen) atoms. The Labute approximate surface area is 102 Å². The minimum atomic E-state index is -1.00. The van der Waals surface area contributed by atoms with Crippen molar-refractivity contribution in [3.05, 3.63) is 0 Å². The van der Waals surface area contributed by atoms with Crippen LogP contribution in [0.25, 0.3) is 0 Å². The Morgan fingerprint density at radius 3 is 2.18 bits per heavy atom. The van der Waals surface area contributed by atoms with E-state index >= 15 is 0 Å². The molecule has 0 amide bonds. The second-order valence-corrected chi connectivity index (χ2v) is 3.35. The number of carboxylic acid groups (broad SMARTS) is 1. The molecule has 0 aliphatic heterocycles. The molecular weight excluding hydrogens is 222 g/mol. The Balaban J connectivity index is 0. The van der Waals surface area contributed by atoms with Crippen molar-refractivity contribution in [2.24, 2.45) is 22.2 Å². The van der Waals surface area contributed by atoms with Gasteiger partial charge in [-0.15, -0.1) is 0 Å². The lowest BCUT2D eigenvalue weighted by molar-refractivity contribution is -0.138. The monoisotopic (exact) mass is 247 g/mol. The molecule has 0 unspecified atom stereocenters. The molecule has 0 radical (unpaired) electrons. The molecule has 0 rings (SSSR count). The van der Waals surface area contributed by atoms with E-state index in [0.29, 0.717) is 19.4 Å². The van der Waals surface area contributed by atoms with Gasteiger partial charge in [-0.1, -0.05) is 13.8 Å². The minimum Gasteiger partial charge on any atom is -0.480 e. The first-order valence-electron chi connectivity index (χ1n) is 5.70. The van der Waals surface area contributed by atoms with Crippen LogP contribution in [0.5, 0.6) is 0 Å². The highest BCUT2D eigenvalue weighted by atomic mass is 16.4. The molecule has 0 aromatic rings. The van der Waals surface area contributed by atoms with Crippen molar-refractivity contribution in [2.45, 2.75) is 32.7 Å². The predicted molar refractivity (Wildman–Crippen MR) is 69.7 cm³/mol. The first-order valence-corrected chi connectivity index (χ1v) is 5.70. The highest BCUT2D eigenvalue weighted by Crippen LogP contribution is 1.94. The summed E-state index contributed by atoms with van der Waals surface area (Å²) in [5.41, 5.74) is 15.3. The van der Waals surface area contributed by atoms with Gasteiger partial charge < -0.3 is 27.6 Å². The molecule has 0 spiro atoms. The average molecular weight is 247 g/mol. The van der Waals surface area contributed by atoms with Crippen molar-refractivity contribution in [1.29, 1.82) is 0 Å². The highest BCUT2D eigenvalue weighted by molar-refractivity contribution is 5.75. The van der Waals surface area contributed by atoms with E-state index in [4.69, 9.17) is 22.3 Å². The standard InChI is InChI=1S/C6H14N4O2.C4H11N/c7-4(5(11)12)2-1-3-10-6(8)9;1-3-5-4-2/h4H,1-3,7H2,(H,11,12)(H4,8,9,10);5H,3-4H2,1-2H3/t4-;/m0./s1. The van der Waals surface area contributed by atoms with E-state index in [0.717, 1.165) is 13.1 Å². The summed E-state index contributed by atoms with van der Waals surface area (Å²) in [5, 5.41) is 11.5. The largest absolute Gasteiger partial charge is 0.480 e. The second kappa shape index (κ2) is 12.7. The van der Waals surface area contributed by atoms with Crippen molar-refractivity contribution < 1.29 is 9.90 Å². The molecule has 0 saturated heterocycles. The molecule has 0 saturated carbocycles. The Hall–Kier alpha value is -1.34. The Kier molecular flexibility index (Phi) is 13.5. The molecule has 0 aromatic heterocycles. The molecule has 8 N–H and O–H groups in total. The maximum Gasteiger partial charge on any atom is 0.320 e. The Bertz CT molecular complexity index is 215. The van der Waals surface area contributed by atoms with Crippen LogP contribution in [0.4, 0.5) is 0 Å². The van der Waals surface area contributed by atoms with Crippen LogP contribution in [0.3, 0.4) is 0 Å². The third kappa shape index (κ3) is 17.3. The van der Waals surface area contributed by atoms with Gasteiger partial charge in [0.25, 0.3) is 0 Å². The molecule has 7 nitrogen and oxygen atoms in total. The van der Waals surface area contributed by atoms with Gasteiger partial charge in [0.1, 0.15) is 6.04 Å². The van der Waals surface area contributed by atoms with Gasteiger partial charge in [-0.05, 0) is 25.9 Å². The number of hydrogen-bond acceptors (Lipinski definition) is 4. The topological polar surface area (TPSA) is 140 Å². The van der Waals surface area contributed by atoms with Crippen LogP contribution in [0.15, 0.2) is 4.99 Å². The van der Waals surface area contributed by atoms with Crippen molar-refractivity contribution in [3.63, 3.8) is 0 Å². The van der Waals surface area contributed by atoms with Crippen LogP contribution in [0.2, 0.25) is 0 Å². The van der Waals surface area contributed by atoms with Crippen LogP contribution in [-0.2, 0) is 4.79 Å². The maximum absolute atomic E-state index is 10.2. The van der Waals surface area contributed by atoms with Crippen LogP contribution in [0.1, 0.15) is 26.7 Å². The molecule has 0 aromatic carbocycles. The lowest BCUT2D eigenvalue weighted by Crippen LogP contribution is -2.30. The summed E-state index contributed by atoms with van der Waals surface area (Å²) in [7, 11) is 0. The molecule has 7 heteroatoms. The van der Waals surface area contributed by atoms with E-state index in [1.165, 1.54) is 0 Å². The van der Waals surface area contributed by atoms with Crippen LogP contribution in [0, 0.1) is 0 Å². The lowest BCUT2D eigenvalue weighted by Gasteiger charge is -2.03. The molecule has 0 bridgehead atoms. The van der Waals surface area contributed by atoms with E-state index in [-0.39, 0.29) is 5.96 Å². The molecule has 0 heterocycles. The molecule has 0 aliphatic carbocycles. The zero-order chi connectivity index (χ0) is 13.7. The Morgan fingerprint density at radius 1 is 1.35 bits per heavy atom. The summed E-state index contributed by atoms with van der Waals surface area (Å²) in [5.74, 6) is -0.987. The van der Waals surface area contributed by atoms with Crippen molar-refractivity contribution in [2.75, 3.05) is 19.6 Å². The zero-order valence-electron chi connectivity index (χ0n) is 10.6. The summed E-state index contributed by atoms with van der Waals surface area (Å²) in [6, 6.07) is -0.820. The van der Waals surface area contributed by atoms with E-state index < -0.39 is 12.0 Å². The van der Waals surface area contributed by atoms with Gasteiger partial charge in [0, 0.05) is 6.54 Å². The molecule has 102 valence electrons. The zero-order valence-corrected chi connectivity index (χ0v) is 10.6. The number of nitrogens with one attached hydrogen (secondary N) is 1. The summed E-state index contributed by atoms with van der Waals surface area (Å²) in [6.45, 7) is 6.81.